The highest BCUT2D eigenvalue weighted by atomic mass is 19.4. The SMILES string of the molecule is N#Cc1cccc(-n2c3ccccc3c3cc(-c4ccccc4)ccc32)c1-c1cc(C(F)(F)F)ccc1-n1c2ccccc2c2cc(-c3ccccc3)ccc21. The van der Waals surface area contributed by atoms with Crippen LogP contribution in [0.25, 0.3) is 88.4 Å². The lowest BCUT2D eigenvalue weighted by molar-refractivity contribution is -0.137. The summed E-state index contributed by atoms with van der Waals surface area (Å²) in [6, 6.07) is 60.4. The largest absolute Gasteiger partial charge is 0.416 e. The Hall–Kier alpha value is -7.36. The normalized spacial score (nSPS) is 11.8. The zero-order chi connectivity index (χ0) is 38.0. The zero-order valence-corrected chi connectivity index (χ0v) is 29.8. The van der Waals surface area contributed by atoms with Gasteiger partial charge in [0.1, 0.15) is 0 Å². The van der Waals surface area contributed by atoms with Crippen LogP contribution in [0.1, 0.15) is 11.1 Å². The van der Waals surface area contributed by atoms with Gasteiger partial charge in [0.2, 0.25) is 0 Å². The molecule has 56 heavy (non-hydrogen) atoms. The molecule has 0 fully saturated rings. The summed E-state index contributed by atoms with van der Waals surface area (Å²) in [6.07, 6.45) is -4.62. The minimum Gasteiger partial charge on any atom is -0.309 e. The van der Waals surface area contributed by atoms with E-state index < -0.39 is 11.7 Å². The maximum Gasteiger partial charge on any atom is 0.416 e. The van der Waals surface area contributed by atoms with Crippen molar-refractivity contribution in [2.75, 3.05) is 0 Å². The van der Waals surface area contributed by atoms with Crippen LogP contribution in [0.15, 0.2) is 182 Å². The van der Waals surface area contributed by atoms with Gasteiger partial charge in [-0.2, -0.15) is 18.4 Å². The summed E-state index contributed by atoms with van der Waals surface area (Å²) in [5, 5.41) is 14.7. The second-order valence-electron chi connectivity index (χ2n) is 13.9. The minimum atomic E-state index is -4.62. The van der Waals surface area contributed by atoms with Gasteiger partial charge in [0, 0.05) is 32.7 Å². The molecule has 10 aromatic rings. The molecule has 8 aromatic carbocycles. The fourth-order valence-electron chi connectivity index (χ4n) is 8.30. The standard InChI is InChI=1S/C50H30F3N3/c51-50(52,53)37-24-27-47(55-43-19-9-7-17-38(43)40-28-34(22-25-45(40)55)32-12-3-1-4-13-32)42(30-37)49-36(31-54)16-11-21-48(49)56-44-20-10-8-18-39(44)41-29-35(23-26-46(41)56)33-14-5-2-6-15-33/h1-30H. The number of hydrogen-bond donors (Lipinski definition) is 0. The first-order chi connectivity index (χ1) is 27.4. The first-order valence-electron chi connectivity index (χ1n) is 18.3. The van der Waals surface area contributed by atoms with Crippen molar-refractivity contribution in [1.82, 2.24) is 9.13 Å². The molecular weight excluding hydrogens is 700 g/mol. The van der Waals surface area contributed by atoms with Gasteiger partial charge in [-0.3, -0.25) is 0 Å². The predicted molar refractivity (Wildman–Crippen MR) is 221 cm³/mol. The van der Waals surface area contributed by atoms with E-state index in [0.717, 1.165) is 71.9 Å². The molecule has 0 aliphatic carbocycles. The number of alkyl halides is 3. The summed E-state index contributed by atoms with van der Waals surface area (Å²) in [7, 11) is 0. The smallest absolute Gasteiger partial charge is 0.309 e. The Morgan fingerprint density at radius 2 is 0.911 bits per heavy atom. The lowest BCUT2D eigenvalue weighted by atomic mass is 9.94. The Bertz CT molecular complexity index is 3180. The average Bonchev–Trinajstić information content (AvgIpc) is 3.75. The monoisotopic (exact) mass is 729 g/mol. The summed E-state index contributed by atoms with van der Waals surface area (Å²) in [5.74, 6) is 0. The Morgan fingerprint density at radius 1 is 0.411 bits per heavy atom. The van der Waals surface area contributed by atoms with Crippen LogP contribution in [0.3, 0.4) is 0 Å². The highest BCUT2D eigenvalue weighted by Gasteiger charge is 2.33. The fraction of sp³-hybridized carbons (Fsp3) is 0.0200. The molecule has 0 saturated carbocycles. The van der Waals surface area contributed by atoms with Crippen molar-refractivity contribution < 1.29 is 13.2 Å². The van der Waals surface area contributed by atoms with E-state index in [4.69, 9.17) is 0 Å². The number of rotatable bonds is 5. The molecule has 0 N–H and O–H groups in total. The van der Waals surface area contributed by atoms with Crippen molar-refractivity contribution in [3.8, 4) is 50.8 Å². The van der Waals surface area contributed by atoms with Gasteiger partial charge in [-0.05, 0) is 89.0 Å². The molecule has 2 heterocycles. The van der Waals surface area contributed by atoms with E-state index in [2.05, 4.69) is 65.2 Å². The van der Waals surface area contributed by atoms with Gasteiger partial charge in [-0.25, -0.2) is 0 Å². The van der Waals surface area contributed by atoms with Crippen LogP contribution in [-0.4, -0.2) is 9.13 Å². The van der Waals surface area contributed by atoms with Gasteiger partial charge in [-0.15, -0.1) is 0 Å². The summed E-state index contributed by atoms with van der Waals surface area (Å²) in [5.41, 5.74) is 8.99. The van der Waals surface area contributed by atoms with Gasteiger partial charge in [0.05, 0.1) is 50.6 Å². The zero-order valence-electron chi connectivity index (χ0n) is 29.8. The van der Waals surface area contributed by atoms with Crippen molar-refractivity contribution in [2.45, 2.75) is 6.18 Å². The topological polar surface area (TPSA) is 33.6 Å². The van der Waals surface area contributed by atoms with E-state index in [1.807, 2.05) is 102 Å². The van der Waals surface area contributed by atoms with Crippen LogP contribution in [0.2, 0.25) is 0 Å². The highest BCUT2D eigenvalue weighted by Crippen LogP contribution is 2.45. The maximum atomic E-state index is 14.7. The van der Waals surface area contributed by atoms with Crippen molar-refractivity contribution in [3.63, 3.8) is 0 Å². The lowest BCUT2D eigenvalue weighted by Gasteiger charge is -2.21. The van der Waals surface area contributed by atoms with E-state index in [1.165, 1.54) is 6.07 Å². The van der Waals surface area contributed by atoms with E-state index >= 15 is 0 Å². The molecule has 0 atom stereocenters. The lowest BCUT2D eigenvalue weighted by Crippen LogP contribution is -2.08. The van der Waals surface area contributed by atoms with Gasteiger partial charge in [-0.1, -0.05) is 115 Å². The molecule has 2 aromatic heterocycles. The Morgan fingerprint density at radius 3 is 1.45 bits per heavy atom. The fourth-order valence-corrected chi connectivity index (χ4v) is 8.30. The number of aromatic nitrogens is 2. The predicted octanol–water partition coefficient (Wildman–Crippen LogP) is 13.8. The molecule has 0 radical (unpaired) electrons. The Kier molecular flexibility index (Phi) is 7.65. The third-order valence-corrected chi connectivity index (χ3v) is 10.8. The summed E-state index contributed by atoms with van der Waals surface area (Å²) in [6.45, 7) is 0. The van der Waals surface area contributed by atoms with Crippen LogP contribution >= 0.6 is 0 Å². The molecule has 0 unspecified atom stereocenters. The van der Waals surface area contributed by atoms with Crippen LogP contribution in [-0.2, 0) is 6.18 Å². The van der Waals surface area contributed by atoms with Gasteiger partial charge in [0.15, 0.2) is 0 Å². The van der Waals surface area contributed by atoms with Crippen LogP contribution in [0, 0.1) is 11.3 Å². The number of halogens is 3. The quantitative estimate of drug-likeness (QED) is 0.174. The van der Waals surface area contributed by atoms with Crippen molar-refractivity contribution in [1.29, 1.82) is 5.26 Å². The number of nitriles is 1. The number of benzene rings is 8. The molecule has 0 amide bonds. The first kappa shape index (κ1) is 33.2. The highest BCUT2D eigenvalue weighted by molar-refractivity contribution is 6.13. The Balaban J connectivity index is 1.29. The third-order valence-electron chi connectivity index (χ3n) is 10.8. The first-order valence-corrected chi connectivity index (χ1v) is 18.3. The van der Waals surface area contributed by atoms with Crippen molar-refractivity contribution in [2.24, 2.45) is 0 Å². The molecule has 6 heteroatoms. The second-order valence-corrected chi connectivity index (χ2v) is 13.9. The summed E-state index contributed by atoms with van der Waals surface area (Å²) in [4.78, 5) is 0. The van der Waals surface area contributed by atoms with Crippen molar-refractivity contribution in [3.05, 3.63) is 193 Å². The van der Waals surface area contributed by atoms with E-state index in [0.29, 0.717) is 22.5 Å². The molecule has 0 saturated heterocycles. The molecule has 0 aliphatic heterocycles. The van der Waals surface area contributed by atoms with Crippen LogP contribution in [0.4, 0.5) is 13.2 Å². The third kappa shape index (κ3) is 5.28. The molecule has 0 aliphatic rings. The van der Waals surface area contributed by atoms with Crippen LogP contribution in [0.5, 0.6) is 0 Å². The number of fused-ring (bicyclic) bond motifs is 6. The van der Waals surface area contributed by atoms with Gasteiger partial charge >= 0.3 is 6.18 Å². The molecule has 266 valence electrons. The molecule has 0 spiro atoms. The van der Waals surface area contributed by atoms with Crippen LogP contribution < -0.4 is 0 Å². The molecule has 3 nitrogen and oxygen atoms in total. The van der Waals surface area contributed by atoms with E-state index in [9.17, 15) is 18.4 Å². The van der Waals surface area contributed by atoms with Gasteiger partial charge in [0.25, 0.3) is 0 Å². The van der Waals surface area contributed by atoms with Gasteiger partial charge < -0.3 is 9.13 Å². The number of hydrogen-bond acceptors (Lipinski definition) is 1. The van der Waals surface area contributed by atoms with E-state index in [1.54, 1.807) is 18.2 Å². The summed E-state index contributed by atoms with van der Waals surface area (Å²) < 4.78 is 48.3. The number of nitrogens with zero attached hydrogens (tertiary/aromatic N) is 3. The molecule has 10 rings (SSSR count). The summed E-state index contributed by atoms with van der Waals surface area (Å²) >= 11 is 0. The van der Waals surface area contributed by atoms with Crippen molar-refractivity contribution >= 4 is 43.6 Å². The molecular formula is C50H30F3N3. The second kappa shape index (κ2) is 12.9. The maximum absolute atomic E-state index is 14.7. The average molecular weight is 730 g/mol. The number of para-hydroxylation sites is 2. The Labute approximate surface area is 320 Å². The minimum absolute atomic E-state index is 0.266. The molecule has 0 bridgehead atoms. The van der Waals surface area contributed by atoms with E-state index in [-0.39, 0.29) is 5.56 Å².